The van der Waals surface area contributed by atoms with Crippen molar-refractivity contribution in [2.75, 3.05) is 13.1 Å². The molecule has 104 valence electrons. The van der Waals surface area contributed by atoms with Crippen molar-refractivity contribution in [3.63, 3.8) is 0 Å². The van der Waals surface area contributed by atoms with Gasteiger partial charge in [-0.1, -0.05) is 17.7 Å². The van der Waals surface area contributed by atoms with Crippen LogP contribution < -0.4 is 5.73 Å². The largest absolute Gasteiger partial charge is 0.328 e. The van der Waals surface area contributed by atoms with Crippen molar-refractivity contribution in [1.82, 2.24) is 4.90 Å². The molecule has 1 aliphatic carbocycles. The molecular formula is C16H23ClN2. The average molecular weight is 279 g/mol. The van der Waals surface area contributed by atoms with Crippen molar-refractivity contribution in [1.29, 1.82) is 0 Å². The standard InChI is InChI=1S/C16H23ClN2/c1-11(18)13-3-2-8-19(10-13)16-7-4-12-9-14(17)5-6-15(12)16/h5-6,9,11,13,16H,2-4,7-8,10,18H2,1H3. The molecule has 2 nitrogen and oxygen atoms in total. The summed E-state index contributed by atoms with van der Waals surface area (Å²) in [7, 11) is 0. The van der Waals surface area contributed by atoms with Crippen molar-refractivity contribution >= 4 is 11.6 Å². The number of piperidine rings is 1. The van der Waals surface area contributed by atoms with E-state index in [1.807, 2.05) is 6.07 Å². The molecule has 0 amide bonds. The first kappa shape index (κ1) is 13.4. The Morgan fingerprint density at radius 2 is 2.21 bits per heavy atom. The summed E-state index contributed by atoms with van der Waals surface area (Å²) in [6.45, 7) is 4.52. The van der Waals surface area contributed by atoms with E-state index in [0.717, 1.165) is 11.6 Å². The number of likely N-dealkylation sites (tertiary alicyclic amines) is 1. The van der Waals surface area contributed by atoms with E-state index >= 15 is 0 Å². The minimum atomic E-state index is 0.314. The molecular weight excluding hydrogens is 256 g/mol. The molecule has 3 rings (SSSR count). The fraction of sp³-hybridized carbons (Fsp3) is 0.625. The number of hydrogen-bond donors (Lipinski definition) is 1. The van der Waals surface area contributed by atoms with Crippen LogP contribution in [0.5, 0.6) is 0 Å². The second-order valence-corrected chi connectivity index (χ2v) is 6.59. The van der Waals surface area contributed by atoms with Gasteiger partial charge in [0.2, 0.25) is 0 Å². The van der Waals surface area contributed by atoms with Crippen LogP contribution in [0.15, 0.2) is 18.2 Å². The predicted molar refractivity (Wildman–Crippen MR) is 80.5 cm³/mol. The Labute approximate surface area is 120 Å². The van der Waals surface area contributed by atoms with Crippen LogP contribution in [0.1, 0.15) is 43.4 Å². The minimum Gasteiger partial charge on any atom is -0.328 e. The third kappa shape index (κ3) is 2.67. The van der Waals surface area contributed by atoms with Gasteiger partial charge in [0.05, 0.1) is 0 Å². The monoisotopic (exact) mass is 278 g/mol. The third-order valence-electron chi connectivity index (χ3n) is 4.82. The highest BCUT2D eigenvalue weighted by atomic mass is 35.5. The van der Waals surface area contributed by atoms with Crippen LogP contribution in [0.4, 0.5) is 0 Å². The van der Waals surface area contributed by atoms with E-state index in [1.165, 1.54) is 43.4 Å². The van der Waals surface area contributed by atoms with Crippen LogP contribution in [-0.2, 0) is 6.42 Å². The Morgan fingerprint density at radius 3 is 3.00 bits per heavy atom. The summed E-state index contributed by atoms with van der Waals surface area (Å²) in [5, 5.41) is 0.867. The fourth-order valence-corrected chi connectivity index (χ4v) is 3.89. The van der Waals surface area contributed by atoms with Gasteiger partial charge in [-0.3, -0.25) is 4.90 Å². The van der Waals surface area contributed by atoms with Gasteiger partial charge < -0.3 is 5.73 Å². The van der Waals surface area contributed by atoms with Crippen LogP contribution in [0.25, 0.3) is 0 Å². The highest BCUT2D eigenvalue weighted by Gasteiger charge is 2.32. The Kier molecular flexibility index (Phi) is 3.84. The van der Waals surface area contributed by atoms with E-state index in [4.69, 9.17) is 17.3 Å². The third-order valence-corrected chi connectivity index (χ3v) is 5.06. The maximum atomic E-state index is 6.10. The van der Waals surface area contributed by atoms with Crippen LogP contribution >= 0.6 is 11.6 Å². The van der Waals surface area contributed by atoms with Gasteiger partial charge in [-0.2, -0.15) is 0 Å². The lowest BCUT2D eigenvalue weighted by Crippen LogP contribution is -2.43. The van der Waals surface area contributed by atoms with Crippen molar-refractivity contribution in [2.45, 2.75) is 44.7 Å². The first-order chi connectivity index (χ1) is 9.15. The van der Waals surface area contributed by atoms with Gasteiger partial charge >= 0.3 is 0 Å². The molecule has 1 aromatic carbocycles. The van der Waals surface area contributed by atoms with Gasteiger partial charge in [0, 0.05) is 23.7 Å². The number of rotatable bonds is 2. The molecule has 3 heteroatoms. The Bertz CT molecular complexity index is 458. The molecule has 0 aromatic heterocycles. The molecule has 1 aromatic rings. The normalized spacial score (nSPS) is 29.2. The summed E-state index contributed by atoms with van der Waals surface area (Å²) in [6, 6.07) is 7.31. The molecule has 3 unspecified atom stereocenters. The molecule has 0 saturated carbocycles. The van der Waals surface area contributed by atoms with E-state index in [2.05, 4.69) is 24.0 Å². The lowest BCUT2D eigenvalue weighted by atomic mass is 9.90. The average Bonchev–Trinajstić information content (AvgIpc) is 2.81. The van der Waals surface area contributed by atoms with Gasteiger partial charge in [0.15, 0.2) is 0 Å². The first-order valence-corrected chi connectivity index (χ1v) is 7.81. The highest BCUT2D eigenvalue weighted by molar-refractivity contribution is 6.30. The van der Waals surface area contributed by atoms with Gasteiger partial charge in [0.25, 0.3) is 0 Å². The zero-order chi connectivity index (χ0) is 13.4. The molecule has 1 heterocycles. The second kappa shape index (κ2) is 5.43. The summed E-state index contributed by atoms with van der Waals surface area (Å²) in [6.07, 6.45) is 4.97. The topological polar surface area (TPSA) is 29.3 Å². The minimum absolute atomic E-state index is 0.314. The fourth-order valence-electron chi connectivity index (χ4n) is 3.70. The van der Waals surface area contributed by atoms with Crippen LogP contribution in [-0.4, -0.2) is 24.0 Å². The molecule has 2 aliphatic rings. The molecule has 19 heavy (non-hydrogen) atoms. The molecule has 1 saturated heterocycles. The number of fused-ring (bicyclic) bond motifs is 1. The van der Waals surface area contributed by atoms with E-state index in [1.54, 1.807) is 0 Å². The number of halogens is 1. The molecule has 0 radical (unpaired) electrons. The summed E-state index contributed by atoms with van der Waals surface area (Å²) in [5.74, 6) is 0.658. The molecule has 2 N–H and O–H groups in total. The Hall–Kier alpha value is -0.570. The van der Waals surface area contributed by atoms with E-state index in [0.29, 0.717) is 18.0 Å². The maximum Gasteiger partial charge on any atom is 0.0408 e. The first-order valence-electron chi connectivity index (χ1n) is 7.43. The number of nitrogens with two attached hydrogens (primary N) is 1. The smallest absolute Gasteiger partial charge is 0.0408 e. The number of hydrogen-bond acceptors (Lipinski definition) is 2. The number of nitrogens with zero attached hydrogens (tertiary/aromatic N) is 1. The van der Waals surface area contributed by atoms with Crippen molar-refractivity contribution in [3.8, 4) is 0 Å². The van der Waals surface area contributed by atoms with E-state index < -0.39 is 0 Å². The quantitative estimate of drug-likeness (QED) is 0.899. The van der Waals surface area contributed by atoms with Crippen molar-refractivity contribution < 1.29 is 0 Å². The van der Waals surface area contributed by atoms with Crippen molar-refractivity contribution in [3.05, 3.63) is 34.3 Å². The zero-order valence-corrected chi connectivity index (χ0v) is 12.4. The molecule has 0 bridgehead atoms. The maximum absolute atomic E-state index is 6.10. The molecule has 1 aliphatic heterocycles. The lowest BCUT2D eigenvalue weighted by Gasteiger charge is -2.38. The molecule has 0 spiro atoms. The Balaban J connectivity index is 1.78. The summed E-state index contributed by atoms with van der Waals surface area (Å²) in [4.78, 5) is 2.65. The molecule has 1 fully saturated rings. The number of aryl methyl sites for hydroxylation is 1. The molecule has 3 atom stereocenters. The summed E-state index contributed by atoms with van der Waals surface area (Å²) in [5.41, 5.74) is 9.04. The Morgan fingerprint density at radius 1 is 1.37 bits per heavy atom. The second-order valence-electron chi connectivity index (χ2n) is 6.15. The van der Waals surface area contributed by atoms with E-state index in [-0.39, 0.29) is 0 Å². The number of benzene rings is 1. The SMILES string of the molecule is CC(N)C1CCCN(C2CCc3cc(Cl)ccc32)C1. The van der Waals surface area contributed by atoms with Crippen LogP contribution in [0.2, 0.25) is 5.02 Å². The van der Waals surface area contributed by atoms with Gasteiger partial charge in [-0.05, 0) is 68.3 Å². The highest BCUT2D eigenvalue weighted by Crippen LogP contribution is 2.39. The van der Waals surface area contributed by atoms with Crippen molar-refractivity contribution in [2.24, 2.45) is 11.7 Å². The van der Waals surface area contributed by atoms with Crippen LogP contribution in [0, 0.1) is 5.92 Å². The van der Waals surface area contributed by atoms with Crippen LogP contribution in [0.3, 0.4) is 0 Å². The zero-order valence-electron chi connectivity index (χ0n) is 11.6. The van der Waals surface area contributed by atoms with E-state index in [9.17, 15) is 0 Å². The van der Waals surface area contributed by atoms with Gasteiger partial charge in [-0.15, -0.1) is 0 Å². The summed E-state index contributed by atoms with van der Waals surface area (Å²) < 4.78 is 0. The predicted octanol–water partition coefficient (Wildman–Crippen LogP) is 3.39. The summed E-state index contributed by atoms with van der Waals surface area (Å²) >= 11 is 6.09. The van der Waals surface area contributed by atoms with Gasteiger partial charge in [-0.25, -0.2) is 0 Å². The lowest BCUT2D eigenvalue weighted by molar-refractivity contribution is 0.113. The van der Waals surface area contributed by atoms with Gasteiger partial charge in [0.1, 0.15) is 0 Å².